The fraction of sp³-hybridized carbons (Fsp3) is 0.250. The van der Waals surface area contributed by atoms with Gasteiger partial charge >= 0.3 is 6.03 Å². The van der Waals surface area contributed by atoms with Gasteiger partial charge in [0.05, 0.1) is 6.54 Å². The number of carbonyl (C=O) groups is 1. The second-order valence-electron chi connectivity index (χ2n) is 4.83. The third-order valence-electron chi connectivity index (χ3n) is 3.20. The number of benzene rings is 1. The van der Waals surface area contributed by atoms with Crippen LogP contribution in [-0.4, -0.2) is 31.0 Å². The summed E-state index contributed by atoms with van der Waals surface area (Å²) < 4.78 is 16.1. The Morgan fingerprint density at radius 3 is 2.83 bits per heavy atom. The SMILES string of the molecule is O=C(NCCOc1ccc2c(c1)OCO2)NCc1ccncc1. The van der Waals surface area contributed by atoms with E-state index in [1.807, 2.05) is 12.1 Å². The lowest BCUT2D eigenvalue weighted by Crippen LogP contribution is -2.37. The van der Waals surface area contributed by atoms with Gasteiger partial charge in [-0.25, -0.2) is 4.79 Å². The topological polar surface area (TPSA) is 81.7 Å². The molecule has 0 saturated heterocycles. The molecule has 7 heteroatoms. The Bertz CT molecular complexity index is 664. The summed E-state index contributed by atoms with van der Waals surface area (Å²) in [5.41, 5.74) is 0.992. The van der Waals surface area contributed by atoms with E-state index in [1.165, 1.54) is 0 Å². The summed E-state index contributed by atoms with van der Waals surface area (Å²) in [4.78, 5) is 15.6. The zero-order chi connectivity index (χ0) is 15.9. The molecule has 0 radical (unpaired) electrons. The van der Waals surface area contributed by atoms with Crippen LogP contribution in [0.5, 0.6) is 17.2 Å². The molecular formula is C16H17N3O4. The summed E-state index contributed by atoms with van der Waals surface area (Å²) in [5.74, 6) is 2.06. The summed E-state index contributed by atoms with van der Waals surface area (Å²) in [5, 5.41) is 5.49. The Morgan fingerprint density at radius 1 is 1.13 bits per heavy atom. The third-order valence-corrected chi connectivity index (χ3v) is 3.20. The van der Waals surface area contributed by atoms with Crippen LogP contribution < -0.4 is 24.8 Å². The van der Waals surface area contributed by atoms with Crippen LogP contribution in [0, 0.1) is 0 Å². The first-order chi connectivity index (χ1) is 11.3. The molecule has 7 nitrogen and oxygen atoms in total. The number of fused-ring (bicyclic) bond motifs is 1. The molecule has 2 heterocycles. The molecule has 1 aliphatic heterocycles. The van der Waals surface area contributed by atoms with E-state index < -0.39 is 0 Å². The first kappa shape index (κ1) is 15.0. The number of amides is 2. The van der Waals surface area contributed by atoms with Gasteiger partial charge in [-0.1, -0.05) is 0 Å². The second-order valence-corrected chi connectivity index (χ2v) is 4.83. The summed E-state index contributed by atoms with van der Waals surface area (Å²) in [6.07, 6.45) is 3.38. The number of pyridine rings is 1. The van der Waals surface area contributed by atoms with E-state index in [9.17, 15) is 4.79 Å². The minimum absolute atomic E-state index is 0.234. The molecule has 0 saturated carbocycles. The highest BCUT2D eigenvalue weighted by molar-refractivity contribution is 5.73. The van der Waals surface area contributed by atoms with E-state index >= 15 is 0 Å². The predicted molar refractivity (Wildman–Crippen MR) is 82.5 cm³/mol. The van der Waals surface area contributed by atoms with Gasteiger partial charge in [-0.05, 0) is 29.8 Å². The van der Waals surface area contributed by atoms with Crippen molar-refractivity contribution in [3.63, 3.8) is 0 Å². The molecule has 0 unspecified atom stereocenters. The second kappa shape index (κ2) is 7.35. The zero-order valence-corrected chi connectivity index (χ0v) is 12.5. The smallest absolute Gasteiger partial charge is 0.315 e. The van der Waals surface area contributed by atoms with E-state index in [0.29, 0.717) is 36.9 Å². The van der Waals surface area contributed by atoms with Crippen LogP contribution in [0.25, 0.3) is 0 Å². The maximum absolute atomic E-state index is 11.7. The van der Waals surface area contributed by atoms with Crippen LogP contribution >= 0.6 is 0 Å². The number of nitrogens with one attached hydrogen (secondary N) is 2. The molecule has 1 aromatic heterocycles. The molecule has 0 bridgehead atoms. The molecular weight excluding hydrogens is 298 g/mol. The van der Waals surface area contributed by atoms with E-state index in [0.717, 1.165) is 5.56 Å². The highest BCUT2D eigenvalue weighted by Crippen LogP contribution is 2.34. The number of hydrogen-bond acceptors (Lipinski definition) is 5. The third kappa shape index (κ3) is 4.26. The average molecular weight is 315 g/mol. The number of rotatable bonds is 6. The summed E-state index contributed by atoms with van der Waals surface area (Å²) in [6.45, 7) is 1.45. The van der Waals surface area contributed by atoms with Crippen LogP contribution in [0.1, 0.15) is 5.56 Å². The van der Waals surface area contributed by atoms with E-state index in [-0.39, 0.29) is 12.8 Å². The first-order valence-electron chi connectivity index (χ1n) is 7.24. The largest absolute Gasteiger partial charge is 0.492 e. The lowest BCUT2D eigenvalue weighted by atomic mass is 10.3. The number of urea groups is 1. The van der Waals surface area contributed by atoms with Crippen molar-refractivity contribution in [2.75, 3.05) is 19.9 Å². The minimum Gasteiger partial charge on any atom is -0.492 e. The van der Waals surface area contributed by atoms with Crippen molar-refractivity contribution in [2.24, 2.45) is 0 Å². The van der Waals surface area contributed by atoms with Crippen molar-refractivity contribution in [1.29, 1.82) is 0 Å². The van der Waals surface area contributed by atoms with Gasteiger partial charge in [0.25, 0.3) is 0 Å². The van der Waals surface area contributed by atoms with Gasteiger partial charge in [-0.3, -0.25) is 4.98 Å². The standard InChI is InChI=1S/C16H17N3O4/c20-16(19-10-12-3-5-17-6-4-12)18-7-8-21-13-1-2-14-15(9-13)23-11-22-14/h1-6,9H,7-8,10-11H2,(H2,18,19,20). The average Bonchev–Trinajstić information content (AvgIpc) is 3.05. The van der Waals surface area contributed by atoms with Gasteiger partial charge in [-0.2, -0.15) is 0 Å². The van der Waals surface area contributed by atoms with E-state index in [4.69, 9.17) is 14.2 Å². The number of ether oxygens (including phenoxy) is 3. The molecule has 0 spiro atoms. The van der Waals surface area contributed by atoms with Crippen LogP contribution in [0.4, 0.5) is 4.79 Å². The van der Waals surface area contributed by atoms with Crippen LogP contribution in [0.2, 0.25) is 0 Å². The number of hydrogen-bond donors (Lipinski definition) is 2. The van der Waals surface area contributed by atoms with Crippen molar-refractivity contribution in [3.8, 4) is 17.2 Å². The van der Waals surface area contributed by atoms with Crippen molar-refractivity contribution in [1.82, 2.24) is 15.6 Å². The van der Waals surface area contributed by atoms with E-state index in [1.54, 1.807) is 30.6 Å². The normalized spacial score (nSPS) is 11.8. The Hall–Kier alpha value is -2.96. The summed E-state index contributed by atoms with van der Waals surface area (Å²) in [7, 11) is 0. The fourth-order valence-electron chi connectivity index (χ4n) is 2.05. The monoisotopic (exact) mass is 315 g/mol. The van der Waals surface area contributed by atoms with Crippen LogP contribution in [0.15, 0.2) is 42.7 Å². The van der Waals surface area contributed by atoms with Crippen molar-refractivity contribution >= 4 is 6.03 Å². The van der Waals surface area contributed by atoms with Gasteiger partial charge in [0.15, 0.2) is 11.5 Å². The van der Waals surface area contributed by atoms with Gasteiger partial charge < -0.3 is 24.8 Å². The Kier molecular flexibility index (Phi) is 4.78. The van der Waals surface area contributed by atoms with Crippen LogP contribution in [0.3, 0.4) is 0 Å². The maximum Gasteiger partial charge on any atom is 0.315 e. The molecule has 3 rings (SSSR count). The van der Waals surface area contributed by atoms with Gasteiger partial charge in [0, 0.05) is 25.0 Å². The molecule has 23 heavy (non-hydrogen) atoms. The Balaban J connectivity index is 1.34. The lowest BCUT2D eigenvalue weighted by molar-refractivity contribution is 0.173. The highest BCUT2D eigenvalue weighted by atomic mass is 16.7. The molecule has 0 aliphatic carbocycles. The molecule has 2 aromatic rings. The molecule has 0 fully saturated rings. The fourth-order valence-corrected chi connectivity index (χ4v) is 2.05. The van der Waals surface area contributed by atoms with E-state index in [2.05, 4.69) is 15.6 Å². The van der Waals surface area contributed by atoms with Gasteiger partial charge in [0.1, 0.15) is 12.4 Å². The molecule has 120 valence electrons. The Morgan fingerprint density at radius 2 is 1.96 bits per heavy atom. The van der Waals surface area contributed by atoms with Crippen molar-refractivity contribution < 1.29 is 19.0 Å². The van der Waals surface area contributed by atoms with Crippen molar-refractivity contribution in [3.05, 3.63) is 48.3 Å². The lowest BCUT2D eigenvalue weighted by Gasteiger charge is -2.09. The summed E-state index contributed by atoms with van der Waals surface area (Å²) in [6, 6.07) is 8.83. The maximum atomic E-state index is 11.7. The number of carbonyl (C=O) groups excluding carboxylic acids is 1. The van der Waals surface area contributed by atoms with Crippen LogP contribution in [-0.2, 0) is 6.54 Å². The molecule has 0 atom stereocenters. The van der Waals surface area contributed by atoms with Crippen molar-refractivity contribution in [2.45, 2.75) is 6.54 Å². The zero-order valence-electron chi connectivity index (χ0n) is 12.5. The first-order valence-corrected chi connectivity index (χ1v) is 7.24. The van der Waals surface area contributed by atoms with Gasteiger partial charge in [0.2, 0.25) is 6.79 Å². The molecule has 2 N–H and O–H groups in total. The Labute approximate surface area is 133 Å². The minimum atomic E-state index is -0.240. The van der Waals surface area contributed by atoms with Gasteiger partial charge in [-0.15, -0.1) is 0 Å². The molecule has 2 amide bonds. The molecule has 1 aromatic carbocycles. The number of nitrogens with zero attached hydrogens (tertiary/aromatic N) is 1. The number of aromatic nitrogens is 1. The molecule has 1 aliphatic rings. The predicted octanol–water partition coefficient (Wildman–Crippen LogP) is 1.69. The quantitative estimate of drug-likeness (QED) is 0.793. The summed E-state index contributed by atoms with van der Waals surface area (Å²) >= 11 is 0. The highest BCUT2D eigenvalue weighted by Gasteiger charge is 2.13.